The molecule has 0 aromatic carbocycles. The Kier molecular flexibility index (Phi) is 15.8. The summed E-state index contributed by atoms with van der Waals surface area (Å²) >= 11 is 0. The quantitative estimate of drug-likeness (QED) is 0.0647. The first-order valence-electron chi connectivity index (χ1n) is 11.2. The Morgan fingerprint density at radius 1 is 1.00 bits per heavy atom. The summed E-state index contributed by atoms with van der Waals surface area (Å²) in [6.45, 7) is 11.3. The van der Waals surface area contributed by atoms with Gasteiger partial charge in [-0.15, -0.1) is 0 Å². The summed E-state index contributed by atoms with van der Waals surface area (Å²) in [5.74, 6) is -0.547. The van der Waals surface area contributed by atoms with Crippen molar-refractivity contribution in [3.05, 3.63) is 34.9 Å². The average Bonchev–Trinajstić information content (AvgIpc) is 2.66. The zero-order chi connectivity index (χ0) is 24.7. The van der Waals surface area contributed by atoms with Crippen LogP contribution in [-0.4, -0.2) is 30.2 Å². The molecule has 0 aliphatic heterocycles. The number of unbranched alkanes of at least 4 members (excludes halogenated alkanes) is 1. The molecular weight excluding hydrogens is 451 g/mol. The standard InChI is InChI=1S/C23H41O7PS/c1-7-22(24)29-21(6)30-31(25)23(32(26,27)28)17-9-8-13-19(4)15-11-16-20(5)14-10-12-18(2)3/h12-13,16,21,23,31H,7-11,14-15,17H2,1-6H3,(H,26,27,28). The summed E-state index contributed by atoms with van der Waals surface area (Å²) in [6, 6.07) is 0. The predicted octanol–water partition coefficient (Wildman–Crippen LogP) is 6.58. The zero-order valence-corrected chi connectivity index (χ0v) is 22.2. The second-order valence-electron chi connectivity index (χ2n) is 8.24. The fourth-order valence-corrected chi connectivity index (χ4v) is 5.48. The van der Waals surface area contributed by atoms with Crippen LogP contribution in [0.3, 0.4) is 0 Å². The van der Waals surface area contributed by atoms with Crippen LogP contribution in [-0.2, 0) is 28.7 Å². The summed E-state index contributed by atoms with van der Waals surface area (Å²) in [7, 11) is -7.72. The summed E-state index contributed by atoms with van der Waals surface area (Å²) in [5.41, 5.74) is 3.90. The van der Waals surface area contributed by atoms with Crippen LogP contribution in [0.15, 0.2) is 34.9 Å². The minimum Gasteiger partial charge on any atom is -0.436 e. The molecule has 0 saturated heterocycles. The van der Waals surface area contributed by atoms with Crippen molar-refractivity contribution in [2.45, 2.75) is 104 Å². The molecule has 0 radical (unpaired) electrons. The van der Waals surface area contributed by atoms with Crippen molar-refractivity contribution in [3.8, 4) is 0 Å². The van der Waals surface area contributed by atoms with Crippen molar-refractivity contribution in [1.82, 2.24) is 0 Å². The van der Waals surface area contributed by atoms with Gasteiger partial charge in [-0.1, -0.05) is 41.9 Å². The third-order valence-electron chi connectivity index (χ3n) is 4.78. The van der Waals surface area contributed by atoms with Crippen LogP contribution in [0.5, 0.6) is 0 Å². The Hall–Kier alpha value is -1.21. The van der Waals surface area contributed by atoms with Gasteiger partial charge in [-0.25, -0.2) is 0 Å². The van der Waals surface area contributed by atoms with Gasteiger partial charge in [-0.2, -0.15) is 8.42 Å². The van der Waals surface area contributed by atoms with Gasteiger partial charge in [-0.05, 0) is 79.6 Å². The van der Waals surface area contributed by atoms with Gasteiger partial charge in [0.05, 0.1) is 0 Å². The van der Waals surface area contributed by atoms with Crippen LogP contribution in [0.1, 0.15) is 92.9 Å². The molecule has 0 aromatic rings. The third kappa shape index (κ3) is 15.6. The van der Waals surface area contributed by atoms with E-state index in [1.54, 1.807) is 6.92 Å². The van der Waals surface area contributed by atoms with E-state index in [4.69, 9.17) is 9.26 Å². The Labute approximate surface area is 195 Å². The third-order valence-corrected chi connectivity index (χ3v) is 8.58. The van der Waals surface area contributed by atoms with Gasteiger partial charge in [-0.3, -0.25) is 18.4 Å². The first-order valence-corrected chi connectivity index (χ1v) is 14.1. The Bertz CT molecular complexity index is 793. The fraction of sp³-hybridized carbons (Fsp3) is 0.696. The molecule has 0 saturated carbocycles. The summed E-state index contributed by atoms with van der Waals surface area (Å²) in [5, 5.41) is 0. The van der Waals surface area contributed by atoms with Crippen molar-refractivity contribution in [3.63, 3.8) is 0 Å². The highest BCUT2D eigenvalue weighted by atomic mass is 32.2. The van der Waals surface area contributed by atoms with E-state index >= 15 is 0 Å². The minimum atomic E-state index is -4.55. The molecule has 0 fully saturated rings. The van der Waals surface area contributed by atoms with Gasteiger partial charge < -0.3 is 4.74 Å². The summed E-state index contributed by atoms with van der Waals surface area (Å²) in [4.78, 5) is 9.74. The maximum Gasteiger partial charge on any atom is 0.307 e. The molecule has 9 heteroatoms. The van der Waals surface area contributed by atoms with E-state index in [0.29, 0.717) is 12.8 Å². The van der Waals surface area contributed by atoms with Gasteiger partial charge >= 0.3 is 5.97 Å². The normalized spacial score (nSPS) is 15.7. The van der Waals surface area contributed by atoms with Crippen LogP contribution < -0.4 is 0 Å². The predicted molar refractivity (Wildman–Crippen MR) is 131 cm³/mol. The Balaban J connectivity index is 4.55. The lowest BCUT2D eigenvalue weighted by Gasteiger charge is -2.18. The highest BCUT2D eigenvalue weighted by molar-refractivity contribution is 7.92. The Morgan fingerprint density at radius 3 is 2.03 bits per heavy atom. The molecule has 0 rings (SSSR count). The molecule has 3 unspecified atom stereocenters. The lowest BCUT2D eigenvalue weighted by atomic mass is 10.1. The Morgan fingerprint density at radius 2 is 1.53 bits per heavy atom. The molecule has 32 heavy (non-hydrogen) atoms. The van der Waals surface area contributed by atoms with Gasteiger partial charge in [0.2, 0.25) is 14.3 Å². The number of carbonyl (C=O) groups is 1. The van der Waals surface area contributed by atoms with Gasteiger partial charge in [0, 0.05) is 6.42 Å². The average molecular weight is 493 g/mol. The number of carbonyl (C=O) groups excluding carboxylic acids is 1. The molecule has 0 aliphatic carbocycles. The molecule has 0 heterocycles. The number of hydrogen-bond donors (Lipinski definition) is 1. The molecule has 3 atom stereocenters. The van der Waals surface area contributed by atoms with Gasteiger partial charge in [0.15, 0.2) is 4.99 Å². The maximum atomic E-state index is 12.3. The number of rotatable bonds is 16. The van der Waals surface area contributed by atoms with Crippen molar-refractivity contribution < 1.29 is 31.6 Å². The SMILES string of the molecule is CCC(=O)OC(C)O[PH](=O)C(CCCC=C(C)CCC=C(C)CCC=C(C)C)S(=O)(=O)O. The number of ether oxygens (including phenoxy) is 1. The van der Waals surface area contributed by atoms with Crippen LogP contribution in [0.2, 0.25) is 0 Å². The van der Waals surface area contributed by atoms with Crippen molar-refractivity contribution in [1.29, 1.82) is 0 Å². The summed E-state index contributed by atoms with van der Waals surface area (Å²) < 4.78 is 54.9. The second-order valence-corrected chi connectivity index (χ2v) is 11.8. The lowest BCUT2D eigenvalue weighted by Crippen LogP contribution is -2.21. The van der Waals surface area contributed by atoms with E-state index in [0.717, 1.165) is 25.7 Å². The van der Waals surface area contributed by atoms with Crippen LogP contribution in [0.4, 0.5) is 0 Å². The number of allylic oxidation sites excluding steroid dienone is 6. The van der Waals surface area contributed by atoms with Crippen LogP contribution in [0.25, 0.3) is 0 Å². The molecular formula is C23H41O7PS. The van der Waals surface area contributed by atoms with Gasteiger partial charge in [0.1, 0.15) is 0 Å². The van der Waals surface area contributed by atoms with E-state index in [1.807, 2.05) is 13.0 Å². The van der Waals surface area contributed by atoms with Gasteiger partial charge in [0.25, 0.3) is 10.1 Å². The van der Waals surface area contributed by atoms with E-state index < -0.39 is 35.4 Å². The van der Waals surface area contributed by atoms with Crippen molar-refractivity contribution in [2.24, 2.45) is 0 Å². The largest absolute Gasteiger partial charge is 0.436 e. The molecule has 7 nitrogen and oxygen atoms in total. The van der Waals surface area contributed by atoms with E-state index in [2.05, 4.69) is 32.9 Å². The minimum absolute atomic E-state index is 0.00176. The van der Waals surface area contributed by atoms with E-state index in [-0.39, 0.29) is 12.8 Å². The molecule has 0 spiro atoms. The van der Waals surface area contributed by atoms with E-state index in [9.17, 15) is 22.3 Å². The maximum absolute atomic E-state index is 12.3. The van der Waals surface area contributed by atoms with Crippen LogP contribution >= 0.6 is 8.03 Å². The first-order chi connectivity index (χ1) is 14.9. The van der Waals surface area contributed by atoms with E-state index in [1.165, 1.54) is 23.6 Å². The molecule has 0 bridgehead atoms. The highest BCUT2D eigenvalue weighted by Crippen LogP contribution is 2.37. The van der Waals surface area contributed by atoms with Crippen molar-refractivity contribution in [2.75, 3.05) is 0 Å². The molecule has 186 valence electrons. The first kappa shape index (κ1) is 30.8. The number of esters is 1. The molecule has 0 aliphatic rings. The number of hydrogen-bond acceptors (Lipinski definition) is 6. The van der Waals surface area contributed by atoms with Crippen molar-refractivity contribution >= 4 is 24.1 Å². The fourth-order valence-electron chi connectivity index (χ4n) is 2.91. The zero-order valence-electron chi connectivity index (χ0n) is 20.3. The lowest BCUT2D eigenvalue weighted by molar-refractivity contribution is -0.160. The second kappa shape index (κ2) is 16.4. The van der Waals surface area contributed by atoms with Crippen LogP contribution in [0, 0.1) is 0 Å². The molecule has 1 N–H and O–H groups in total. The smallest absolute Gasteiger partial charge is 0.307 e. The monoisotopic (exact) mass is 492 g/mol. The topological polar surface area (TPSA) is 107 Å². The molecule has 0 aromatic heterocycles. The summed E-state index contributed by atoms with van der Waals surface area (Å²) in [6.07, 6.45) is 10.5. The highest BCUT2D eigenvalue weighted by Gasteiger charge is 2.31. The molecule has 0 amide bonds.